The van der Waals surface area contributed by atoms with Crippen LogP contribution in [0.3, 0.4) is 0 Å². The van der Waals surface area contributed by atoms with Gasteiger partial charge in [0.25, 0.3) is 0 Å². The third-order valence-electron chi connectivity index (χ3n) is 5.59. The molecule has 2 saturated carbocycles. The van der Waals surface area contributed by atoms with Crippen LogP contribution in [0.15, 0.2) is 11.4 Å². The van der Waals surface area contributed by atoms with Gasteiger partial charge < -0.3 is 24.4 Å². The molecule has 0 radical (unpaired) electrons. The summed E-state index contributed by atoms with van der Waals surface area (Å²) in [6.45, 7) is -0.0205. The second-order valence-corrected chi connectivity index (χ2v) is 8.84. The van der Waals surface area contributed by atoms with E-state index < -0.39 is 20.7 Å². The van der Waals surface area contributed by atoms with Gasteiger partial charge in [-0.2, -0.15) is 0 Å². The highest BCUT2D eigenvalue weighted by atomic mass is 31.2. The van der Waals surface area contributed by atoms with Crippen molar-refractivity contribution in [3.63, 3.8) is 0 Å². The highest BCUT2D eigenvalue weighted by Gasteiger charge is 2.23. The molecule has 0 saturated heterocycles. The molecular formula is C20H34NO7P. The predicted molar refractivity (Wildman–Crippen MR) is 109 cm³/mol. The van der Waals surface area contributed by atoms with Crippen molar-refractivity contribution in [1.82, 2.24) is 5.32 Å². The van der Waals surface area contributed by atoms with Crippen LogP contribution in [0.2, 0.25) is 0 Å². The molecule has 0 bridgehead atoms. The first-order valence-corrected chi connectivity index (χ1v) is 11.9. The smallest absolute Gasteiger partial charge is 0.409 e. The van der Waals surface area contributed by atoms with Crippen molar-refractivity contribution in [2.45, 2.75) is 76.9 Å². The summed E-state index contributed by atoms with van der Waals surface area (Å²) in [7, 11) is -2.01. The molecule has 0 aliphatic heterocycles. The van der Waals surface area contributed by atoms with E-state index in [9.17, 15) is 14.7 Å². The normalized spacial score (nSPS) is 23.0. The minimum Gasteiger partial charge on any atom is -0.462 e. The molecule has 0 heterocycles. The van der Waals surface area contributed by atoms with Crippen LogP contribution in [-0.4, -0.2) is 46.4 Å². The number of carbonyl (C=O) groups excluding carboxylic acids is 2. The topological polar surface area (TPSA) is 125 Å². The monoisotopic (exact) mass is 431 g/mol. The highest BCUT2D eigenvalue weighted by Crippen LogP contribution is 2.37. The number of carbonyl (C=O) groups is 2. The van der Waals surface area contributed by atoms with Gasteiger partial charge in [-0.1, -0.05) is 24.8 Å². The molecule has 166 valence electrons. The minimum absolute atomic E-state index is 0.0221. The maximum absolute atomic E-state index is 11.9. The lowest BCUT2D eigenvalue weighted by Crippen LogP contribution is -2.36. The summed E-state index contributed by atoms with van der Waals surface area (Å²) in [6, 6.07) is 0. The summed E-state index contributed by atoms with van der Waals surface area (Å²) < 4.78 is 10.1. The number of alkyl carbamates (subject to hydrolysis) is 1. The molecule has 0 aromatic rings. The van der Waals surface area contributed by atoms with Crippen molar-refractivity contribution in [3.8, 4) is 0 Å². The lowest BCUT2D eigenvalue weighted by molar-refractivity contribution is -0.150. The molecule has 0 aromatic heterocycles. The largest absolute Gasteiger partial charge is 0.462 e. The van der Waals surface area contributed by atoms with Crippen LogP contribution >= 0.6 is 8.38 Å². The van der Waals surface area contributed by atoms with Crippen LogP contribution in [0.4, 0.5) is 4.79 Å². The molecule has 4 N–H and O–H groups in total. The number of hydrogen-bond acceptors (Lipinski definition) is 7. The molecule has 2 atom stereocenters. The Kier molecular flexibility index (Phi) is 10.9. The van der Waals surface area contributed by atoms with Crippen molar-refractivity contribution in [2.75, 3.05) is 13.2 Å². The highest BCUT2D eigenvalue weighted by molar-refractivity contribution is 7.48. The van der Waals surface area contributed by atoms with E-state index in [2.05, 4.69) is 5.32 Å². The summed E-state index contributed by atoms with van der Waals surface area (Å²) in [5, 5.41) is 12.4. The summed E-state index contributed by atoms with van der Waals surface area (Å²) in [4.78, 5) is 41.8. The molecule has 0 aromatic carbocycles. The lowest BCUT2D eigenvalue weighted by atomic mass is 9.83. The number of aliphatic hydroxyl groups is 1. The summed E-state index contributed by atoms with van der Waals surface area (Å²) >= 11 is 0. The first kappa shape index (κ1) is 24.1. The Balaban J connectivity index is 1.55. The SMILES string of the molecule is O=C(NC(O)CCC1CCCC(=CP(O)O)C1)OCCOC(=O)C1CCCCC1. The molecule has 8 nitrogen and oxygen atoms in total. The van der Waals surface area contributed by atoms with Gasteiger partial charge in [-0.05, 0) is 63.1 Å². The second-order valence-electron chi connectivity index (χ2n) is 7.95. The fourth-order valence-electron chi connectivity index (χ4n) is 4.10. The van der Waals surface area contributed by atoms with Gasteiger partial charge in [0.05, 0.1) is 5.92 Å². The van der Waals surface area contributed by atoms with Crippen molar-refractivity contribution < 1.29 is 34.0 Å². The molecule has 29 heavy (non-hydrogen) atoms. The van der Waals surface area contributed by atoms with E-state index in [1.807, 2.05) is 0 Å². The Morgan fingerprint density at radius 1 is 1.10 bits per heavy atom. The molecule has 2 aliphatic carbocycles. The van der Waals surface area contributed by atoms with Gasteiger partial charge in [-0.3, -0.25) is 10.1 Å². The van der Waals surface area contributed by atoms with Crippen LogP contribution in [0.25, 0.3) is 0 Å². The van der Waals surface area contributed by atoms with Gasteiger partial charge in [0, 0.05) is 0 Å². The molecule has 0 spiro atoms. The zero-order valence-electron chi connectivity index (χ0n) is 16.9. The van der Waals surface area contributed by atoms with E-state index in [0.29, 0.717) is 12.3 Å². The van der Waals surface area contributed by atoms with E-state index in [1.54, 1.807) is 0 Å². The van der Waals surface area contributed by atoms with E-state index in [0.717, 1.165) is 63.4 Å². The van der Waals surface area contributed by atoms with Crippen LogP contribution in [-0.2, 0) is 14.3 Å². The fourth-order valence-corrected chi connectivity index (χ4v) is 4.66. The maximum Gasteiger partial charge on any atom is 0.409 e. The number of ether oxygens (including phenoxy) is 2. The van der Waals surface area contributed by atoms with Crippen LogP contribution in [0.5, 0.6) is 0 Å². The van der Waals surface area contributed by atoms with Gasteiger partial charge in [0.1, 0.15) is 19.4 Å². The first-order chi connectivity index (χ1) is 13.9. The van der Waals surface area contributed by atoms with Gasteiger partial charge >= 0.3 is 12.1 Å². The quantitative estimate of drug-likeness (QED) is 0.191. The molecule has 9 heteroatoms. The van der Waals surface area contributed by atoms with Gasteiger partial charge in [0.2, 0.25) is 0 Å². The second kappa shape index (κ2) is 13.2. The lowest BCUT2D eigenvalue weighted by Gasteiger charge is -2.25. The number of amides is 1. The average molecular weight is 431 g/mol. The van der Waals surface area contributed by atoms with E-state index in [-0.39, 0.29) is 25.1 Å². The number of nitrogens with one attached hydrogen (secondary N) is 1. The number of esters is 1. The zero-order valence-corrected chi connectivity index (χ0v) is 17.8. The Bertz CT molecular complexity index is 549. The van der Waals surface area contributed by atoms with Crippen molar-refractivity contribution in [3.05, 3.63) is 11.4 Å². The van der Waals surface area contributed by atoms with E-state index >= 15 is 0 Å². The summed E-state index contributed by atoms with van der Waals surface area (Å²) in [6.07, 6.45) is 8.09. The standard InChI is InChI=1S/C20H34NO7P/c22-18(10-9-15-5-4-6-16(13-15)14-29(25)26)21-20(24)28-12-11-27-19(23)17-7-2-1-3-8-17/h14-15,17-18,22,25-26H,1-13H2,(H,21,24). The Morgan fingerprint density at radius 3 is 2.55 bits per heavy atom. The van der Waals surface area contributed by atoms with E-state index in [4.69, 9.17) is 19.3 Å². The molecule has 2 rings (SSSR count). The molecule has 2 unspecified atom stereocenters. The molecule has 2 aliphatic rings. The number of allylic oxidation sites excluding steroid dienone is 1. The third-order valence-corrected chi connectivity index (χ3v) is 6.19. The number of aliphatic hydroxyl groups excluding tert-OH is 1. The van der Waals surface area contributed by atoms with Crippen LogP contribution in [0.1, 0.15) is 70.6 Å². The molecule has 1 amide bonds. The Hall–Kier alpha value is -1.21. The summed E-state index contributed by atoms with van der Waals surface area (Å²) in [5.41, 5.74) is 1.06. The van der Waals surface area contributed by atoms with Crippen molar-refractivity contribution in [2.24, 2.45) is 11.8 Å². The summed E-state index contributed by atoms with van der Waals surface area (Å²) in [5.74, 6) is 1.65. The fraction of sp³-hybridized carbons (Fsp3) is 0.800. The number of rotatable bonds is 9. The zero-order chi connectivity index (χ0) is 21.1. The van der Waals surface area contributed by atoms with Crippen LogP contribution in [0, 0.1) is 11.8 Å². The molecule has 2 fully saturated rings. The predicted octanol–water partition coefficient (Wildman–Crippen LogP) is 3.31. The average Bonchev–Trinajstić information content (AvgIpc) is 2.70. The maximum atomic E-state index is 11.9. The van der Waals surface area contributed by atoms with E-state index in [1.165, 1.54) is 12.2 Å². The number of hydrogen-bond donors (Lipinski definition) is 4. The minimum atomic E-state index is -2.01. The van der Waals surface area contributed by atoms with Crippen molar-refractivity contribution >= 4 is 20.4 Å². The Labute approximate surface area is 173 Å². The first-order valence-electron chi connectivity index (χ1n) is 10.6. The van der Waals surface area contributed by atoms with Gasteiger partial charge in [-0.15, -0.1) is 0 Å². The third kappa shape index (κ3) is 9.90. The van der Waals surface area contributed by atoms with Gasteiger partial charge in [-0.25, -0.2) is 4.79 Å². The van der Waals surface area contributed by atoms with Gasteiger partial charge in [0.15, 0.2) is 8.38 Å². The van der Waals surface area contributed by atoms with Crippen LogP contribution < -0.4 is 5.32 Å². The Morgan fingerprint density at radius 2 is 1.83 bits per heavy atom. The molecular weight excluding hydrogens is 397 g/mol. The van der Waals surface area contributed by atoms with Crippen molar-refractivity contribution in [1.29, 1.82) is 0 Å².